The maximum atomic E-state index is 9.04. The Kier molecular flexibility index (Phi) is 4.28. The first kappa shape index (κ1) is 13.4. The van der Waals surface area contributed by atoms with Crippen LogP contribution in [0, 0.1) is 11.3 Å². The summed E-state index contributed by atoms with van der Waals surface area (Å²) in [6, 6.07) is 12.6. The summed E-state index contributed by atoms with van der Waals surface area (Å²) < 4.78 is 7.34. The van der Waals surface area contributed by atoms with Gasteiger partial charge in [0.15, 0.2) is 0 Å². The Morgan fingerprint density at radius 2 is 1.61 bits per heavy atom. The highest BCUT2D eigenvalue weighted by Crippen LogP contribution is 2.33. The molecule has 2 aromatic rings. The van der Waals surface area contributed by atoms with E-state index in [2.05, 4.69) is 37.9 Å². The molecule has 0 saturated heterocycles. The van der Waals surface area contributed by atoms with E-state index in [1.165, 1.54) is 0 Å². The molecule has 0 aliphatic rings. The van der Waals surface area contributed by atoms with Gasteiger partial charge in [-0.05, 0) is 36.4 Å². The Labute approximate surface area is 126 Å². The van der Waals surface area contributed by atoms with Crippen LogP contribution in [0.25, 0.3) is 0 Å². The maximum Gasteiger partial charge on any atom is 0.146 e. The number of benzene rings is 2. The predicted molar refractivity (Wildman–Crippen MR) is 78.1 cm³/mol. The average Bonchev–Trinajstić information content (AvgIpc) is 2.34. The van der Waals surface area contributed by atoms with Crippen LogP contribution in [-0.2, 0) is 0 Å². The monoisotopic (exact) mass is 385 g/mol. The van der Waals surface area contributed by atoms with E-state index in [1.807, 2.05) is 12.1 Å². The van der Waals surface area contributed by atoms with Crippen LogP contribution >= 0.6 is 43.5 Å². The highest BCUT2D eigenvalue weighted by atomic mass is 79.9. The average molecular weight is 387 g/mol. The van der Waals surface area contributed by atoms with Crippen molar-refractivity contribution in [3.05, 3.63) is 55.9 Å². The molecule has 2 rings (SSSR count). The first-order chi connectivity index (χ1) is 8.60. The van der Waals surface area contributed by atoms with Gasteiger partial charge in [0.2, 0.25) is 0 Å². The third-order valence-corrected chi connectivity index (χ3v) is 3.46. The number of nitrogens with zero attached hydrogens (tertiary/aromatic N) is 1. The Morgan fingerprint density at radius 3 is 2.22 bits per heavy atom. The lowest BCUT2D eigenvalue weighted by molar-refractivity contribution is 0.481. The molecule has 18 heavy (non-hydrogen) atoms. The molecule has 0 atom stereocenters. The van der Waals surface area contributed by atoms with Gasteiger partial charge < -0.3 is 4.74 Å². The van der Waals surface area contributed by atoms with Crippen LogP contribution in [0.1, 0.15) is 5.56 Å². The first-order valence-corrected chi connectivity index (χ1v) is 6.89. The van der Waals surface area contributed by atoms with Crippen molar-refractivity contribution in [2.45, 2.75) is 0 Å². The van der Waals surface area contributed by atoms with Gasteiger partial charge in [-0.3, -0.25) is 0 Å². The molecular formula is C13H6Br2ClNO. The number of ether oxygens (including phenoxy) is 1. The molecule has 0 amide bonds. The third-order valence-electron chi connectivity index (χ3n) is 2.18. The molecule has 0 aliphatic carbocycles. The zero-order valence-corrected chi connectivity index (χ0v) is 12.9. The summed E-state index contributed by atoms with van der Waals surface area (Å²) in [6.45, 7) is 0. The van der Waals surface area contributed by atoms with Crippen molar-refractivity contribution in [3.8, 4) is 17.6 Å². The zero-order valence-electron chi connectivity index (χ0n) is 8.95. The molecule has 0 heterocycles. The van der Waals surface area contributed by atoms with Crippen LogP contribution < -0.4 is 4.74 Å². The maximum absolute atomic E-state index is 9.04. The van der Waals surface area contributed by atoms with Crippen LogP contribution in [0.15, 0.2) is 45.3 Å². The van der Waals surface area contributed by atoms with E-state index in [4.69, 9.17) is 21.6 Å². The smallest absolute Gasteiger partial charge is 0.146 e. The fourth-order valence-corrected chi connectivity index (χ4v) is 2.43. The standard InChI is InChI=1S/C13H6Br2ClNO/c14-9-1-3-12(8(5-9)7-17)18-13-4-2-10(15)6-11(13)16/h1-6H. The van der Waals surface area contributed by atoms with Crippen LogP contribution in [0.2, 0.25) is 5.02 Å². The summed E-state index contributed by atoms with van der Waals surface area (Å²) in [6.07, 6.45) is 0. The number of hydrogen-bond acceptors (Lipinski definition) is 2. The molecule has 0 fully saturated rings. The fourth-order valence-electron chi connectivity index (χ4n) is 1.36. The van der Waals surface area contributed by atoms with Gasteiger partial charge in [0.05, 0.1) is 10.6 Å². The number of rotatable bonds is 2. The Hall–Kier alpha value is -1.02. The third kappa shape index (κ3) is 3.05. The Morgan fingerprint density at radius 1 is 1.00 bits per heavy atom. The number of nitriles is 1. The van der Waals surface area contributed by atoms with E-state index >= 15 is 0 Å². The van der Waals surface area contributed by atoms with E-state index in [0.29, 0.717) is 22.1 Å². The molecule has 2 nitrogen and oxygen atoms in total. The van der Waals surface area contributed by atoms with Crippen LogP contribution in [-0.4, -0.2) is 0 Å². The van der Waals surface area contributed by atoms with E-state index in [-0.39, 0.29) is 0 Å². The minimum absolute atomic E-state index is 0.448. The number of hydrogen-bond donors (Lipinski definition) is 0. The lowest BCUT2D eigenvalue weighted by Gasteiger charge is -2.09. The van der Waals surface area contributed by atoms with Crippen LogP contribution in [0.3, 0.4) is 0 Å². The Balaban J connectivity index is 2.37. The van der Waals surface area contributed by atoms with Crippen molar-refractivity contribution in [2.75, 3.05) is 0 Å². The van der Waals surface area contributed by atoms with Gasteiger partial charge in [-0.25, -0.2) is 0 Å². The summed E-state index contributed by atoms with van der Waals surface area (Å²) >= 11 is 12.7. The van der Waals surface area contributed by atoms with Gasteiger partial charge >= 0.3 is 0 Å². The topological polar surface area (TPSA) is 33.0 Å². The molecule has 0 saturated carbocycles. The molecule has 0 aromatic heterocycles. The molecule has 0 N–H and O–H groups in total. The van der Waals surface area contributed by atoms with Crippen molar-refractivity contribution < 1.29 is 4.74 Å². The van der Waals surface area contributed by atoms with Gasteiger partial charge in [-0.2, -0.15) is 5.26 Å². The highest BCUT2D eigenvalue weighted by Gasteiger charge is 2.08. The zero-order chi connectivity index (χ0) is 13.1. The van der Waals surface area contributed by atoms with Gasteiger partial charge in [0, 0.05) is 8.95 Å². The highest BCUT2D eigenvalue weighted by molar-refractivity contribution is 9.10. The quantitative estimate of drug-likeness (QED) is 0.679. The summed E-state index contributed by atoms with van der Waals surface area (Å²) in [7, 11) is 0. The van der Waals surface area contributed by atoms with E-state index < -0.39 is 0 Å². The van der Waals surface area contributed by atoms with Crippen molar-refractivity contribution >= 4 is 43.5 Å². The van der Waals surface area contributed by atoms with Crippen molar-refractivity contribution in [2.24, 2.45) is 0 Å². The second-order valence-electron chi connectivity index (χ2n) is 3.43. The van der Waals surface area contributed by atoms with Crippen LogP contribution in [0.4, 0.5) is 0 Å². The molecule has 5 heteroatoms. The minimum atomic E-state index is 0.448. The normalized spacial score (nSPS) is 9.89. The molecular weight excluding hydrogens is 381 g/mol. The summed E-state index contributed by atoms with van der Waals surface area (Å²) in [5, 5.41) is 9.53. The fraction of sp³-hybridized carbons (Fsp3) is 0. The van der Waals surface area contributed by atoms with Gasteiger partial charge in [0.25, 0.3) is 0 Å². The molecule has 0 unspecified atom stereocenters. The summed E-state index contributed by atoms with van der Waals surface area (Å²) in [4.78, 5) is 0. The molecule has 0 aliphatic heterocycles. The first-order valence-electron chi connectivity index (χ1n) is 4.92. The van der Waals surface area contributed by atoms with Gasteiger partial charge in [-0.1, -0.05) is 43.5 Å². The minimum Gasteiger partial charge on any atom is -0.454 e. The second-order valence-corrected chi connectivity index (χ2v) is 5.67. The van der Waals surface area contributed by atoms with Gasteiger partial charge in [0.1, 0.15) is 17.6 Å². The van der Waals surface area contributed by atoms with E-state index in [0.717, 1.165) is 8.95 Å². The van der Waals surface area contributed by atoms with E-state index in [9.17, 15) is 0 Å². The van der Waals surface area contributed by atoms with Gasteiger partial charge in [-0.15, -0.1) is 0 Å². The lowest BCUT2D eigenvalue weighted by Crippen LogP contribution is -1.89. The molecule has 0 radical (unpaired) electrons. The SMILES string of the molecule is N#Cc1cc(Br)ccc1Oc1ccc(Br)cc1Cl. The molecule has 2 aromatic carbocycles. The van der Waals surface area contributed by atoms with E-state index in [1.54, 1.807) is 24.3 Å². The van der Waals surface area contributed by atoms with Crippen molar-refractivity contribution in [1.82, 2.24) is 0 Å². The summed E-state index contributed by atoms with van der Waals surface area (Å²) in [5.41, 5.74) is 0.448. The molecule has 0 spiro atoms. The Bertz CT molecular complexity index is 637. The largest absolute Gasteiger partial charge is 0.454 e. The van der Waals surface area contributed by atoms with Crippen molar-refractivity contribution in [3.63, 3.8) is 0 Å². The molecule has 90 valence electrons. The molecule has 0 bridgehead atoms. The number of halogens is 3. The van der Waals surface area contributed by atoms with Crippen molar-refractivity contribution in [1.29, 1.82) is 5.26 Å². The second kappa shape index (κ2) is 5.75. The lowest BCUT2D eigenvalue weighted by atomic mass is 10.2. The summed E-state index contributed by atoms with van der Waals surface area (Å²) in [5.74, 6) is 0.989. The van der Waals surface area contributed by atoms with Crippen LogP contribution in [0.5, 0.6) is 11.5 Å². The predicted octanol–water partition coefficient (Wildman–Crippen LogP) is 5.53.